The van der Waals surface area contributed by atoms with E-state index in [1.54, 1.807) is 0 Å². The fourth-order valence-electron chi connectivity index (χ4n) is 4.47. The SMILES string of the molecule is CC(F)(F)COc1nc2c(s1)CCN(CCC1CCC(NC(=O)Cc3nnc(CO)s3)CC1)C2. The number of ether oxygens (including phenoxy) is 1. The Bertz CT molecular complexity index is 957. The molecule has 12 heteroatoms. The number of rotatable bonds is 10. The number of aliphatic hydroxyl groups excluding tert-OH is 1. The van der Waals surface area contributed by atoms with E-state index in [0.717, 1.165) is 75.7 Å². The highest BCUT2D eigenvalue weighted by molar-refractivity contribution is 7.13. The zero-order chi connectivity index (χ0) is 24.1. The van der Waals surface area contributed by atoms with Crippen LogP contribution in [0.1, 0.15) is 59.6 Å². The lowest BCUT2D eigenvalue weighted by molar-refractivity contribution is -0.121. The number of alkyl halides is 2. The first-order valence-corrected chi connectivity index (χ1v) is 13.3. The van der Waals surface area contributed by atoms with Crippen molar-refractivity contribution in [1.82, 2.24) is 25.4 Å². The predicted octanol–water partition coefficient (Wildman–Crippen LogP) is 3.19. The smallest absolute Gasteiger partial charge is 0.278 e. The van der Waals surface area contributed by atoms with Gasteiger partial charge in [0.2, 0.25) is 5.91 Å². The quantitative estimate of drug-likeness (QED) is 0.501. The maximum Gasteiger partial charge on any atom is 0.278 e. The van der Waals surface area contributed by atoms with Crippen molar-refractivity contribution in [1.29, 1.82) is 0 Å². The molecule has 2 aromatic heterocycles. The minimum absolute atomic E-state index is 0.0394. The summed E-state index contributed by atoms with van der Waals surface area (Å²) in [5, 5.41) is 21.4. The van der Waals surface area contributed by atoms with Crippen LogP contribution in [0.5, 0.6) is 5.19 Å². The molecule has 0 radical (unpaired) electrons. The van der Waals surface area contributed by atoms with Gasteiger partial charge >= 0.3 is 0 Å². The molecule has 0 spiro atoms. The van der Waals surface area contributed by atoms with E-state index < -0.39 is 12.5 Å². The van der Waals surface area contributed by atoms with Crippen molar-refractivity contribution < 1.29 is 23.4 Å². The van der Waals surface area contributed by atoms with Gasteiger partial charge in [-0.2, -0.15) is 0 Å². The zero-order valence-corrected chi connectivity index (χ0v) is 20.9. The Labute approximate surface area is 205 Å². The van der Waals surface area contributed by atoms with E-state index in [4.69, 9.17) is 9.84 Å². The number of carbonyl (C=O) groups is 1. The number of thiazole rings is 1. The molecule has 188 valence electrons. The van der Waals surface area contributed by atoms with Gasteiger partial charge in [0, 0.05) is 30.9 Å². The van der Waals surface area contributed by atoms with E-state index >= 15 is 0 Å². The monoisotopic (exact) mass is 515 g/mol. The van der Waals surface area contributed by atoms with Gasteiger partial charge in [-0.15, -0.1) is 10.2 Å². The van der Waals surface area contributed by atoms with Crippen LogP contribution in [0.3, 0.4) is 0 Å². The van der Waals surface area contributed by atoms with E-state index in [-0.39, 0.29) is 25.0 Å². The van der Waals surface area contributed by atoms with Gasteiger partial charge in [-0.05, 0) is 51.0 Å². The normalized spacial score (nSPS) is 21.3. The Morgan fingerprint density at radius 2 is 2.00 bits per heavy atom. The fourth-order valence-corrected chi connectivity index (χ4v) is 6.08. The molecule has 2 aliphatic rings. The minimum Gasteiger partial charge on any atom is -0.464 e. The number of halogens is 2. The highest BCUT2D eigenvalue weighted by Crippen LogP contribution is 2.32. The average Bonchev–Trinajstić information content (AvgIpc) is 3.42. The maximum atomic E-state index is 13.0. The van der Waals surface area contributed by atoms with Gasteiger partial charge in [0.05, 0.1) is 18.7 Å². The van der Waals surface area contributed by atoms with Crippen molar-refractivity contribution in [2.24, 2.45) is 5.92 Å². The summed E-state index contributed by atoms with van der Waals surface area (Å²) in [4.78, 5) is 20.3. The van der Waals surface area contributed by atoms with Gasteiger partial charge in [0.15, 0.2) is 6.61 Å². The van der Waals surface area contributed by atoms with Crippen LogP contribution >= 0.6 is 22.7 Å². The van der Waals surface area contributed by atoms with E-state index in [9.17, 15) is 13.6 Å². The number of fused-ring (bicyclic) bond motifs is 1. The lowest BCUT2D eigenvalue weighted by Gasteiger charge is -2.31. The molecule has 1 aliphatic heterocycles. The Balaban J connectivity index is 1.14. The van der Waals surface area contributed by atoms with Gasteiger partial charge in [0.25, 0.3) is 11.1 Å². The van der Waals surface area contributed by atoms with E-state index in [1.165, 1.54) is 22.7 Å². The Hall–Kier alpha value is -1.76. The van der Waals surface area contributed by atoms with Crippen LogP contribution in [0, 0.1) is 5.92 Å². The maximum absolute atomic E-state index is 13.0. The summed E-state index contributed by atoms with van der Waals surface area (Å²) < 4.78 is 31.2. The van der Waals surface area contributed by atoms with E-state index in [0.29, 0.717) is 21.1 Å². The fraction of sp³-hybridized carbons (Fsp3) is 0.727. The molecule has 1 amide bonds. The third-order valence-electron chi connectivity index (χ3n) is 6.26. The van der Waals surface area contributed by atoms with Gasteiger partial charge in [0.1, 0.15) is 10.0 Å². The summed E-state index contributed by atoms with van der Waals surface area (Å²) in [5.41, 5.74) is 0.957. The van der Waals surface area contributed by atoms with Crippen molar-refractivity contribution in [3.63, 3.8) is 0 Å². The highest BCUT2D eigenvalue weighted by Gasteiger charge is 2.27. The third kappa shape index (κ3) is 7.37. The van der Waals surface area contributed by atoms with E-state index in [1.807, 2.05) is 0 Å². The van der Waals surface area contributed by atoms with Gasteiger partial charge in [-0.1, -0.05) is 22.7 Å². The second kappa shape index (κ2) is 11.3. The van der Waals surface area contributed by atoms with Crippen molar-refractivity contribution >= 4 is 28.6 Å². The summed E-state index contributed by atoms with van der Waals surface area (Å²) in [6.45, 7) is 2.74. The second-order valence-electron chi connectivity index (χ2n) is 9.23. The van der Waals surface area contributed by atoms with Crippen molar-refractivity contribution in [2.45, 2.75) is 77.0 Å². The van der Waals surface area contributed by atoms with Gasteiger partial charge in [-0.25, -0.2) is 13.8 Å². The molecule has 0 bridgehead atoms. The zero-order valence-electron chi connectivity index (χ0n) is 19.3. The molecule has 0 atom stereocenters. The number of hydrogen-bond donors (Lipinski definition) is 2. The van der Waals surface area contributed by atoms with Crippen LogP contribution in [0.25, 0.3) is 0 Å². The van der Waals surface area contributed by atoms with Crippen LogP contribution in [0.15, 0.2) is 0 Å². The van der Waals surface area contributed by atoms with Crippen molar-refractivity contribution in [3.05, 3.63) is 20.6 Å². The van der Waals surface area contributed by atoms with Crippen LogP contribution in [0.2, 0.25) is 0 Å². The van der Waals surface area contributed by atoms with Crippen LogP contribution in [-0.2, 0) is 30.8 Å². The first kappa shape index (κ1) is 25.3. The molecular weight excluding hydrogens is 484 g/mol. The molecular formula is C22H31F2N5O3S2. The molecule has 8 nitrogen and oxygen atoms in total. The average molecular weight is 516 g/mol. The molecule has 1 saturated carbocycles. The molecule has 0 saturated heterocycles. The first-order chi connectivity index (χ1) is 16.3. The molecule has 1 aliphatic carbocycles. The number of nitrogens with zero attached hydrogens (tertiary/aromatic N) is 4. The molecule has 1 fully saturated rings. The minimum atomic E-state index is -2.86. The van der Waals surface area contributed by atoms with Crippen LogP contribution in [-0.4, -0.2) is 62.8 Å². The standard InChI is InChI=1S/C22H31F2N5O3S2/c1-22(23,24)13-32-21-26-16-11-29(9-7-17(16)33-21)8-6-14-2-4-15(5-3-14)25-18(31)10-19-27-28-20(12-30)34-19/h14-15,30H,2-13H2,1H3,(H,25,31). The number of aromatic nitrogens is 3. The molecule has 2 aromatic rings. The first-order valence-electron chi connectivity index (χ1n) is 11.7. The van der Waals surface area contributed by atoms with Crippen molar-refractivity contribution in [3.8, 4) is 5.19 Å². The summed E-state index contributed by atoms with van der Waals surface area (Å²) in [6, 6.07) is 0.204. The van der Waals surface area contributed by atoms with Crippen LogP contribution < -0.4 is 10.1 Å². The number of nitrogens with one attached hydrogen (secondary N) is 1. The Morgan fingerprint density at radius 3 is 2.71 bits per heavy atom. The summed E-state index contributed by atoms with van der Waals surface area (Å²) >= 11 is 2.65. The topological polar surface area (TPSA) is 100 Å². The van der Waals surface area contributed by atoms with E-state index in [2.05, 4.69) is 25.4 Å². The largest absolute Gasteiger partial charge is 0.464 e. The molecule has 0 aromatic carbocycles. The lowest BCUT2D eigenvalue weighted by atomic mass is 9.84. The molecule has 0 unspecified atom stereocenters. The van der Waals surface area contributed by atoms with Gasteiger partial charge in [-0.3, -0.25) is 9.69 Å². The molecule has 2 N–H and O–H groups in total. The number of carbonyl (C=O) groups excluding carboxylic acids is 1. The van der Waals surface area contributed by atoms with Crippen LogP contribution in [0.4, 0.5) is 8.78 Å². The summed E-state index contributed by atoms with van der Waals surface area (Å²) in [5.74, 6) is -2.25. The second-order valence-corrected chi connectivity index (χ2v) is 11.4. The lowest BCUT2D eigenvalue weighted by Crippen LogP contribution is -2.39. The molecule has 4 rings (SSSR count). The molecule has 34 heavy (non-hydrogen) atoms. The third-order valence-corrected chi connectivity index (χ3v) is 8.24. The Morgan fingerprint density at radius 1 is 1.24 bits per heavy atom. The number of amides is 1. The molecule has 3 heterocycles. The number of aliphatic hydroxyl groups is 1. The van der Waals surface area contributed by atoms with Gasteiger partial charge < -0.3 is 15.2 Å². The van der Waals surface area contributed by atoms with Crippen molar-refractivity contribution in [2.75, 3.05) is 19.7 Å². The summed E-state index contributed by atoms with van der Waals surface area (Å²) in [6.07, 6.45) is 6.35. The number of hydrogen-bond acceptors (Lipinski definition) is 9. The summed E-state index contributed by atoms with van der Waals surface area (Å²) in [7, 11) is 0. The Kier molecular flexibility index (Phi) is 8.43. The predicted molar refractivity (Wildman–Crippen MR) is 125 cm³/mol. The highest BCUT2D eigenvalue weighted by atomic mass is 32.1.